The van der Waals surface area contributed by atoms with Crippen molar-refractivity contribution in [3.63, 3.8) is 0 Å². The second-order valence-corrected chi connectivity index (χ2v) is 26.4. The number of primary amides is 1. The lowest BCUT2D eigenvalue weighted by Crippen LogP contribution is -2.44. The summed E-state index contributed by atoms with van der Waals surface area (Å²) >= 11 is 0. The van der Waals surface area contributed by atoms with Crippen molar-refractivity contribution in [3.8, 4) is 23.5 Å². The minimum Gasteiger partial charge on any atom is -0.394 e. The minimum absolute atomic E-state index is 0.00404. The van der Waals surface area contributed by atoms with Crippen molar-refractivity contribution in [2.45, 2.75) is 95.7 Å². The van der Waals surface area contributed by atoms with Gasteiger partial charge in [0.1, 0.15) is 75.9 Å². The predicted molar refractivity (Wildman–Crippen MR) is 388 cm³/mol. The van der Waals surface area contributed by atoms with E-state index in [-0.39, 0.29) is 88.1 Å². The van der Waals surface area contributed by atoms with E-state index in [9.17, 15) is 47.9 Å². The van der Waals surface area contributed by atoms with Crippen LogP contribution in [-0.2, 0) is 58.3 Å². The van der Waals surface area contributed by atoms with E-state index in [0.717, 1.165) is 111 Å². The Morgan fingerprint density at radius 2 is 0.852 bits per heavy atom. The highest BCUT2D eigenvalue weighted by Crippen LogP contribution is 2.36. The van der Waals surface area contributed by atoms with Crippen LogP contribution in [0.4, 0.5) is 22.7 Å². The highest BCUT2D eigenvalue weighted by atomic mass is 16.2. The molecule has 32 nitrogen and oxygen atoms in total. The standard InChI is InChI=1S/C30H26N10O4.C30H25N7O4.C16H13N5O2/c31-24-25(27(42)26(24)41)40-8-7-16-2-1-15(9-19(16)13-40)12-32-29(43)22-11-23(34-14-33-22)30(44)35-21-6-4-17-10-18(3-5-20(17)21)28-36-38-39-37-28;31-12-16-2-5-21-19(9-16)4-6-22(21)36-30(41)24-11-23(34-15-35-24)29(40)33-13-17-1-3-18-7-8-37(14-20(18)10-17)26-25(32)27(38)28(26)39;17-7-9-1-3-11-10(5-9)2-4-12(11)21-16(23)14-6-13(15(18)22)19-8-20-14/h1-3,5,9-11,14,21H,4,6-8,12-13,31H2,(H,32,43)(H,35,44)(H,36,37,38,39);1-3,5,9-11,15,22H,4,6-8,13-14,32H2,(H,33,40)(H,36,41);1,3,5-6,8,12H,2,4H2,(H2,18,22)(H,21,23)/t21-;22-;12-/m000/s1. The monoisotopic (exact) mass is 1440 g/mol. The zero-order valence-corrected chi connectivity index (χ0v) is 57.4. The van der Waals surface area contributed by atoms with Crippen LogP contribution < -0.4 is 75.3 Å². The number of tetrazole rings is 1. The van der Waals surface area contributed by atoms with E-state index in [2.05, 4.69) is 89.3 Å². The van der Waals surface area contributed by atoms with Gasteiger partial charge in [-0.25, -0.2) is 29.9 Å². The van der Waals surface area contributed by atoms with E-state index in [0.29, 0.717) is 62.4 Å². The van der Waals surface area contributed by atoms with Crippen LogP contribution in [0.2, 0.25) is 0 Å². The van der Waals surface area contributed by atoms with Crippen molar-refractivity contribution in [3.05, 3.63) is 281 Å². The summed E-state index contributed by atoms with van der Waals surface area (Å²) in [5.41, 5.74) is 29.5. The van der Waals surface area contributed by atoms with Crippen LogP contribution in [0.25, 0.3) is 11.4 Å². The number of nitrogens with zero attached hydrogens (tertiary/aromatic N) is 13. The Balaban J connectivity index is 0.000000142. The lowest BCUT2D eigenvalue weighted by atomic mass is 9.96. The maximum Gasteiger partial charge on any atom is 0.270 e. The largest absolute Gasteiger partial charge is 0.394 e. The highest BCUT2D eigenvalue weighted by Gasteiger charge is 2.32. The molecule has 3 aliphatic carbocycles. The van der Waals surface area contributed by atoms with Crippen molar-refractivity contribution in [2.75, 3.05) is 34.4 Å². The topological polar surface area (TPSA) is 495 Å². The number of aromatic amines is 1. The van der Waals surface area contributed by atoms with Gasteiger partial charge in [-0.2, -0.15) is 15.7 Å². The molecule has 0 spiro atoms. The van der Waals surface area contributed by atoms with Gasteiger partial charge in [0.15, 0.2) is 0 Å². The lowest BCUT2D eigenvalue weighted by Gasteiger charge is -2.32. The molecule has 6 amide bonds. The van der Waals surface area contributed by atoms with E-state index < -0.39 is 57.2 Å². The minimum atomic E-state index is -0.711. The number of hydrogen-bond donors (Lipinski definition) is 9. The smallest absolute Gasteiger partial charge is 0.270 e. The van der Waals surface area contributed by atoms with E-state index >= 15 is 0 Å². The van der Waals surface area contributed by atoms with Crippen LogP contribution in [0.3, 0.4) is 0 Å². The van der Waals surface area contributed by atoms with Crippen LogP contribution >= 0.6 is 0 Å². The molecule has 2 aliphatic heterocycles. The zero-order valence-electron chi connectivity index (χ0n) is 57.4. The Morgan fingerprint density at radius 1 is 0.454 bits per heavy atom. The van der Waals surface area contributed by atoms with E-state index in [1.54, 1.807) is 12.1 Å². The van der Waals surface area contributed by atoms with Crippen LogP contribution in [0, 0.1) is 22.7 Å². The van der Waals surface area contributed by atoms with Crippen LogP contribution in [0.1, 0.15) is 178 Å². The molecule has 108 heavy (non-hydrogen) atoms. The molecule has 0 unspecified atom stereocenters. The Morgan fingerprint density at radius 3 is 1.25 bits per heavy atom. The normalized spacial score (nSPS) is 15.6. The number of carbonyl (C=O) groups excluding carboxylic acids is 6. The van der Waals surface area contributed by atoms with E-state index in [4.69, 9.17) is 27.7 Å². The molecule has 0 saturated carbocycles. The molecule has 12 N–H and O–H groups in total. The fourth-order valence-corrected chi connectivity index (χ4v) is 14.2. The number of nitrogens with two attached hydrogens (primary N) is 3. The molecular formula is C76H64N22O10. The summed E-state index contributed by atoms with van der Waals surface area (Å²) in [6.45, 7) is 2.53. The quantitative estimate of drug-likeness (QED) is 0.0628. The van der Waals surface area contributed by atoms with Gasteiger partial charge in [-0.3, -0.25) is 47.9 Å². The maximum absolute atomic E-state index is 13.1. The van der Waals surface area contributed by atoms with Gasteiger partial charge in [0.25, 0.3) is 57.2 Å². The van der Waals surface area contributed by atoms with Gasteiger partial charge in [0.2, 0.25) is 5.82 Å². The predicted octanol–water partition coefficient (Wildman–Crippen LogP) is 3.05. The van der Waals surface area contributed by atoms with Gasteiger partial charge in [-0.1, -0.05) is 60.7 Å². The lowest BCUT2D eigenvalue weighted by molar-refractivity contribution is 0.0919. The summed E-state index contributed by atoms with van der Waals surface area (Å²) < 4.78 is 0. The van der Waals surface area contributed by atoms with Gasteiger partial charge in [0.05, 0.1) is 41.4 Å². The fraction of sp³-hybridized carbons (Fsp3) is 0.224. The summed E-state index contributed by atoms with van der Waals surface area (Å²) in [4.78, 5) is 150. The number of benzene rings is 5. The first-order chi connectivity index (χ1) is 52.2. The van der Waals surface area contributed by atoms with Crippen molar-refractivity contribution < 1.29 is 28.8 Å². The van der Waals surface area contributed by atoms with E-state index in [1.165, 1.54) is 30.9 Å². The number of aryl methyl sites for hydroxylation is 3. The Kier molecular flexibility index (Phi) is 19.7. The molecule has 4 aromatic heterocycles. The average Bonchev–Trinajstić information content (AvgIpc) is 1.21. The first-order valence-electron chi connectivity index (χ1n) is 34.3. The first-order valence-corrected chi connectivity index (χ1v) is 34.3. The molecule has 32 heteroatoms. The number of hydrogen-bond acceptors (Lipinski definition) is 25. The third-order valence-electron chi connectivity index (χ3n) is 19.8. The third kappa shape index (κ3) is 14.6. The first kappa shape index (κ1) is 70.6. The second-order valence-electron chi connectivity index (χ2n) is 26.4. The van der Waals surface area contributed by atoms with Gasteiger partial charge in [-0.15, -0.1) is 10.2 Å². The third-order valence-corrected chi connectivity index (χ3v) is 19.8. The molecular weight excluding hydrogens is 1380 g/mol. The van der Waals surface area contributed by atoms with E-state index in [1.807, 2.05) is 88.7 Å². The Labute approximate surface area is 612 Å². The number of aromatic nitrogens is 10. The molecule has 538 valence electrons. The zero-order chi connectivity index (χ0) is 75.4. The second kappa shape index (κ2) is 30.1. The maximum atomic E-state index is 13.1. The number of amides is 6. The molecule has 0 fully saturated rings. The van der Waals surface area contributed by atoms with Crippen LogP contribution in [0.15, 0.2) is 147 Å². The Hall–Kier alpha value is -14.4. The molecule has 0 saturated heterocycles. The van der Waals surface area contributed by atoms with Crippen molar-refractivity contribution in [1.29, 1.82) is 10.5 Å². The number of carbonyl (C=O) groups is 6. The molecule has 7 aromatic carbocycles. The summed E-state index contributed by atoms with van der Waals surface area (Å²) in [5, 5.41) is 46.7. The number of H-pyrrole nitrogens is 1. The van der Waals surface area contributed by atoms with Crippen molar-refractivity contribution >= 4 is 58.2 Å². The van der Waals surface area contributed by atoms with Crippen LogP contribution in [0.5, 0.6) is 0 Å². The summed E-state index contributed by atoms with van der Waals surface area (Å²) in [6.07, 6.45) is 9.48. The number of nitrogens with one attached hydrogen (secondary N) is 6. The Bertz CT molecular complexity index is 5730. The molecule has 5 aliphatic rings. The SMILES string of the molecule is N#Cc1ccc2c(c1)CC[C@@H]2NC(=O)c1cc(C(=O)NCc2ccc3c(c2)CN(c2c(N)c(=O)c2=O)CC3)ncn1.N#Cc1ccc2c(c1)CC[C@@H]2NC(=O)c1cc(C(N)=O)ncn1.Nc1c(N2CCc3ccc(CNC(=O)c4cc(C(=O)N[C@H]5CCc6cc(-c7nn[nH]n7)ccc65)ncn4)cc3C2)c(=O)c1=O. The number of fused-ring (bicyclic) bond motifs is 5. The van der Waals surface area contributed by atoms with Gasteiger partial charge >= 0.3 is 0 Å². The summed E-state index contributed by atoms with van der Waals surface area (Å²) in [5.74, 6) is -2.30. The summed E-state index contributed by atoms with van der Waals surface area (Å²) in [7, 11) is 0. The highest BCUT2D eigenvalue weighted by molar-refractivity contribution is 5.99. The van der Waals surface area contributed by atoms with Crippen LogP contribution in [-0.4, -0.2) is 99.1 Å². The van der Waals surface area contributed by atoms with Crippen molar-refractivity contribution in [2.24, 2.45) is 5.73 Å². The fourth-order valence-electron chi connectivity index (χ4n) is 14.2. The molecule has 11 aromatic rings. The van der Waals surface area contributed by atoms with Gasteiger partial charge in [0, 0.05) is 63.0 Å². The number of nitrogen functional groups attached to an aromatic ring is 2. The number of anilines is 4. The van der Waals surface area contributed by atoms with Gasteiger partial charge < -0.3 is 53.6 Å². The molecule has 6 heterocycles. The number of rotatable bonds is 16. The molecule has 0 bridgehead atoms. The van der Waals surface area contributed by atoms with Gasteiger partial charge in [-0.05, 0) is 154 Å². The number of nitriles is 2. The van der Waals surface area contributed by atoms with Crippen molar-refractivity contribution in [1.82, 2.24) is 77.1 Å². The molecule has 16 rings (SSSR count). The molecule has 0 radical (unpaired) electrons. The molecule has 3 atom stereocenters. The average molecular weight is 1450 g/mol. The summed E-state index contributed by atoms with van der Waals surface area (Å²) in [6, 6.07) is 36.2.